The van der Waals surface area contributed by atoms with Crippen molar-refractivity contribution in [3.63, 3.8) is 0 Å². The lowest BCUT2D eigenvalue weighted by molar-refractivity contribution is 0.00333. The highest BCUT2D eigenvalue weighted by atomic mass is 35.5. The minimum Gasteiger partial charge on any atom is -0.381 e. The van der Waals surface area contributed by atoms with E-state index >= 15 is 0 Å². The molecule has 0 radical (unpaired) electrons. The van der Waals surface area contributed by atoms with Gasteiger partial charge in [-0.2, -0.15) is 0 Å². The first-order valence-corrected chi connectivity index (χ1v) is 5.97. The lowest BCUT2D eigenvalue weighted by Gasteiger charge is -2.20. The zero-order chi connectivity index (χ0) is 12.2. The summed E-state index contributed by atoms with van der Waals surface area (Å²) in [5.41, 5.74) is 0.728. The summed E-state index contributed by atoms with van der Waals surface area (Å²) in [6, 6.07) is 5.52. The number of rotatable bonds is 4. The molecule has 0 aliphatic carbocycles. The maximum absolute atomic E-state index is 6.03. The molecule has 0 aromatic heterocycles. The predicted molar refractivity (Wildman–Crippen MR) is 70.7 cm³/mol. The molecule has 1 aromatic carbocycles. The van der Waals surface area contributed by atoms with Crippen LogP contribution < -0.4 is 5.32 Å². The number of nitrogens with one attached hydrogen (secondary N) is 1. The van der Waals surface area contributed by atoms with Gasteiger partial charge in [0.25, 0.3) is 0 Å². The summed E-state index contributed by atoms with van der Waals surface area (Å²) in [4.78, 5) is 0. The summed E-state index contributed by atoms with van der Waals surface area (Å²) in [5.74, 6) is 0. The van der Waals surface area contributed by atoms with Gasteiger partial charge in [-0.15, -0.1) is 0 Å². The van der Waals surface area contributed by atoms with Crippen LogP contribution in [0.4, 0.5) is 5.69 Å². The van der Waals surface area contributed by atoms with E-state index in [0.29, 0.717) is 23.2 Å². The highest BCUT2D eigenvalue weighted by Gasteiger charge is 2.09. The van der Waals surface area contributed by atoms with Gasteiger partial charge in [-0.1, -0.05) is 29.3 Å². The maximum Gasteiger partial charge on any atom is 0.0823 e. The van der Waals surface area contributed by atoms with Crippen LogP contribution in [0.3, 0.4) is 0 Å². The van der Waals surface area contributed by atoms with E-state index in [9.17, 15) is 0 Å². The van der Waals surface area contributed by atoms with Crippen molar-refractivity contribution < 1.29 is 4.74 Å². The van der Waals surface area contributed by atoms with E-state index < -0.39 is 0 Å². The number of halogens is 2. The predicted octanol–water partition coefficient (Wildman–Crippen LogP) is 4.22. The molecular formula is C12H17Cl2NO. The Morgan fingerprint density at radius 3 is 2.56 bits per heavy atom. The summed E-state index contributed by atoms with van der Waals surface area (Å²) in [6.45, 7) is 7.42. The van der Waals surface area contributed by atoms with Crippen molar-refractivity contribution in [3.8, 4) is 0 Å². The van der Waals surface area contributed by atoms with Crippen LogP contribution in [-0.4, -0.2) is 18.8 Å². The van der Waals surface area contributed by atoms with Gasteiger partial charge in [0.2, 0.25) is 0 Å². The molecule has 1 rings (SSSR count). The molecule has 4 heteroatoms. The first-order chi connectivity index (χ1) is 7.40. The van der Waals surface area contributed by atoms with Crippen LogP contribution in [-0.2, 0) is 4.74 Å². The lowest BCUT2D eigenvalue weighted by Crippen LogP contribution is -2.23. The standard InChI is InChI=1S/C12H17Cl2NO/c1-12(2,3)16-8-7-15-10-6-4-5-9(13)11(10)14/h4-6,15H,7-8H2,1-3H3. The molecule has 0 amide bonds. The SMILES string of the molecule is CC(C)(C)OCCNc1cccc(Cl)c1Cl. The van der Waals surface area contributed by atoms with E-state index in [1.165, 1.54) is 0 Å². The number of ether oxygens (including phenoxy) is 1. The van der Waals surface area contributed by atoms with Gasteiger partial charge in [-0.05, 0) is 32.9 Å². The van der Waals surface area contributed by atoms with E-state index in [-0.39, 0.29) is 5.60 Å². The van der Waals surface area contributed by atoms with Gasteiger partial charge in [-0.3, -0.25) is 0 Å². The van der Waals surface area contributed by atoms with E-state index in [1.54, 1.807) is 6.07 Å². The van der Waals surface area contributed by atoms with Gasteiger partial charge >= 0.3 is 0 Å². The Bertz CT molecular complexity index is 347. The van der Waals surface area contributed by atoms with Gasteiger partial charge in [0, 0.05) is 6.54 Å². The van der Waals surface area contributed by atoms with Crippen LogP contribution in [0.25, 0.3) is 0 Å². The Morgan fingerprint density at radius 2 is 1.94 bits per heavy atom. The summed E-state index contributed by atoms with van der Waals surface area (Å²) in [6.07, 6.45) is 0. The zero-order valence-corrected chi connectivity index (χ0v) is 11.3. The van der Waals surface area contributed by atoms with Gasteiger partial charge in [0.15, 0.2) is 0 Å². The maximum atomic E-state index is 6.03. The molecule has 0 aliphatic rings. The third-order valence-electron chi connectivity index (χ3n) is 1.90. The topological polar surface area (TPSA) is 21.3 Å². The molecule has 0 spiro atoms. The summed E-state index contributed by atoms with van der Waals surface area (Å²) in [5, 5.41) is 4.30. The Labute approximate surface area is 107 Å². The fraction of sp³-hybridized carbons (Fsp3) is 0.500. The molecule has 0 saturated carbocycles. The molecule has 0 bridgehead atoms. The average molecular weight is 262 g/mol. The summed E-state index contributed by atoms with van der Waals surface area (Å²) >= 11 is 11.9. The van der Waals surface area contributed by atoms with Crippen LogP contribution in [0, 0.1) is 0 Å². The van der Waals surface area contributed by atoms with Crippen LogP contribution in [0.15, 0.2) is 18.2 Å². The number of anilines is 1. The van der Waals surface area contributed by atoms with Crippen LogP contribution in [0.5, 0.6) is 0 Å². The van der Waals surface area contributed by atoms with Crippen LogP contribution in [0.1, 0.15) is 20.8 Å². The Hall–Kier alpha value is -0.440. The number of hydrogen-bond acceptors (Lipinski definition) is 2. The molecular weight excluding hydrogens is 245 g/mol. The molecule has 2 nitrogen and oxygen atoms in total. The normalized spacial score (nSPS) is 11.6. The van der Waals surface area contributed by atoms with Gasteiger partial charge in [0.1, 0.15) is 0 Å². The molecule has 16 heavy (non-hydrogen) atoms. The van der Waals surface area contributed by atoms with E-state index in [0.717, 1.165) is 5.69 Å². The van der Waals surface area contributed by atoms with Crippen molar-refractivity contribution in [2.75, 3.05) is 18.5 Å². The first-order valence-electron chi connectivity index (χ1n) is 5.22. The second kappa shape index (κ2) is 5.76. The van der Waals surface area contributed by atoms with Gasteiger partial charge in [0.05, 0.1) is 27.9 Å². The molecule has 90 valence electrons. The second-order valence-corrected chi connectivity index (χ2v) is 5.27. The smallest absolute Gasteiger partial charge is 0.0823 e. The lowest BCUT2D eigenvalue weighted by atomic mass is 10.2. The number of hydrogen-bond donors (Lipinski definition) is 1. The third kappa shape index (κ3) is 4.60. The quantitative estimate of drug-likeness (QED) is 0.820. The highest BCUT2D eigenvalue weighted by molar-refractivity contribution is 6.43. The minimum absolute atomic E-state index is 0.111. The van der Waals surface area contributed by atoms with Crippen molar-refractivity contribution in [1.82, 2.24) is 0 Å². The second-order valence-electron chi connectivity index (χ2n) is 4.49. The fourth-order valence-electron chi connectivity index (χ4n) is 1.18. The van der Waals surface area contributed by atoms with E-state index in [2.05, 4.69) is 5.32 Å². The first kappa shape index (κ1) is 13.6. The molecule has 0 unspecified atom stereocenters. The van der Waals surface area contributed by atoms with Crippen molar-refractivity contribution in [1.29, 1.82) is 0 Å². The Kier molecular flexibility index (Phi) is 4.90. The molecule has 1 aromatic rings. The molecule has 0 saturated heterocycles. The molecule has 1 N–H and O–H groups in total. The monoisotopic (exact) mass is 261 g/mol. The Balaban J connectivity index is 2.41. The molecule has 0 heterocycles. The van der Waals surface area contributed by atoms with Crippen molar-refractivity contribution in [2.45, 2.75) is 26.4 Å². The van der Waals surface area contributed by atoms with Crippen LogP contribution >= 0.6 is 23.2 Å². The minimum atomic E-state index is -0.111. The van der Waals surface area contributed by atoms with Gasteiger partial charge < -0.3 is 10.1 Å². The number of benzene rings is 1. The zero-order valence-electron chi connectivity index (χ0n) is 9.81. The highest BCUT2D eigenvalue weighted by Crippen LogP contribution is 2.29. The third-order valence-corrected chi connectivity index (χ3v) is 2.72. The molecule has 0 atom stereocenters. The average Bonchev–Trinajstić information content (AvgIpc) is 2.17. The molecule has 0 fully saturated rings. The molecule has 0 aliphatic heterocycles. The van der Waals surface area contributed by atoms with Crippen molar-refractivity contribution in [2.24, 2.45) is 0 Å². The van der Waals surface area contributed by atoms with Crippen molar-refractivity contribution >= 4 is 28.9 Å². The van der Waals surface area contributed by atoms with E-state index in [1.807, 2.05) is 32.9 Å². The van der Waals surface area contributed by atoms with Crippen molar-refractivity contribution in [3.05, 3.63) is 28.2 Å². The van der Waals surface area contributed by atoms with Crippen LogP contribution in [0.2, 0.25) is 10.0 Å². The summed E-state index contributed by atoms with van der Waals surface area (Å²) in [7, 11) is 0. The van der Waals surface area contributed by atoms with Gasteiger partial charge in [-0.25, -0.2) is 0 Å². The summed E-state index contributed by atoms with van der Waals surface area (Å²) < 4.78 is 5.58. The largest absolute Gasteiger partial charge is 0.381 e. The van der Waals surface area contributed by atoms with E-state index in [4.69, 9.17) is 27.9 Å². The Morgan fingerprint density at radius 1 is 1.25 bits per heavy atom. The fourth-order valence-corrected chi connectivity index (χ4v) is 1.55.